The Hall–Kier alpha value is -3.15. The molecule has 1 aromatic carbocycles. The number of rotatable bonds is 10. The van der Waals surface area contributed by atoms with Gasteiger partial charge in [-0.05, 0) is 31.9 Å². The summed E-state index contributed by atoms with van der Waals surface area (Å²) in [5, 5.41) is 6.42. The SMILES string of the molecule is C[C@@H](/C=C/S(C)(=O)=O)NC(=O)c1cnc(C2CC2)nc1NCc1c(F)cccc1OC(F)F. The highest BCUT2D eigenvalue weighted by molar-refractivity contribution is 7.93. The highest BCUT2D eigenvalue weighted by atomic mass is 32.2. The zero-order chi connectivity index (χ0) is 24.2. The first-order valence-electron chi connectivity index (χ1n) is 10.1. The Morgan fingerprint density at radius 2 is 2.06 bits per heavy atom. The number of carbonyl (C=O) groups is 1. The molecule has 1 fully saturated rings. The topological polar surface area (TPSA) is 110 Å². The van der Waals surface area contributed by atoms with E-state index in [1.807, 2.05) is 0 Å². The lowest BCUT2D eigenvalue weighted by atomic mass is 10.1. The Morgan fingerprint density at radius 1 is 1.33 bits per heavy atom. The number of amides is 1. The fraction of sp³-hybridized carbons (Fsp3) is 0.381. The number of anilines is 1. The number of ether oxygens (including phenoxy) is 1. The van der Waals surface area contributed by atoms with Crippen LogP contribution in [0.25, 0.3) is 0 Å². The third kappa shape index (κ3) is 7.17. The summed E-state index contributed by atoms with van der Waals surface area (Å²) < 4.78 is 66.6. The standard InChI is InChI=1S/C21H23F3N4O4S/c1-12(8-9-33(2,30)31)27-20(29)15-11-25-18(13-6-7-13)28-19(15)26-10-14-16(22)4-3-5-17(14)32-21(23)24/h3-5,8-9,11-13,21H,6-7,10H2,1-2H3,(H,27,29)(H,25,26,28)/b9-8+/t12-/m0/s1. The van der Waals surface area contributed by atoms with E-state index in [2.05, 4.69) is 25.3 Å². The van der Waals surface area contributed by atoms with Crippen LogP contribution >= 0.6 is 0 Å². The number of benzene rings is 1. The fourth-order valence-corrected chi connectivity index (χ4v) is 3.44. The second-order valence-electron chi connectivity index (χ2n) is 7.63. The Balaban J connectivity index is 1.83. The lowest BCUT2D eigenvalue weighted by Gasteiger charge is -2.16. The third-order valence-electron chi connectivity index (χ3n) is 4.69. The van der Waals surface area contributed by atoms with Crippen LogP contribution in [-0.2, 0) is 16.4 Å². The van der Waals surface area contributed by atoms with Crippen molar-refractivity contribution >= 4 is 21.6 Å². The molecule has 33 heavy (non-hydrogen) atoms. The largest absolute Gasteiger partial charge is 0.434 e. The Bertz CT molecular complexity index is 1150. The fourth-order valence-electron chi connectivity index (χ4n) is 2.92. The minimum Gasteiger partial charge on any atom is -0.434 e. The molecule has 1 heterocycles. The van der Waals surface area contributed by atoms with E-state index in [1.54, 1.807) is 6.92 Å². The average Bonchev–Trinajstić information content (AvgIpc) is 3.56. The normalized spacial score (nSPS) is 15.0. The number of aromatic nitrogens is 2. The molecule has 8 nitrogen and oxygen atoms in total. The summed E-state index contributed by atoms with van der Waals surface area (Å²) >= 11 is 0. The smallest absolute Gasteiger partial charge is 0.387 e. The van der Waals surface area contributed by atoms with Crippen LogP contribution in [0.3, 0.4) is 0 Å². The second kappa shape index (κ2) is 10.2. The van der Waals surface area contributed by atoms with Crippen LogP contribution in [0.15, 0.2) is 35.9 Å². The van der Waals surface area contributed by atoms with Gasteiger partial charge >= 0.3 is 6.61 Å². The van der Waals surface area contributed by atoms with E-state index in [-0.39, 0.29) is 35.2 Å². The molecule has 1 aromatic heterocycles. The van der Waals surface area contributed by atoms with Crippen LogP contribution in [0.5, 0.6) is 5.75 Å². The van der Waals surface area contributed by atoms with E-state index >= 15 is 0 Å². The lowest BCUT2D eigenvalue weighted by Crippen LogP contribution is -2.32. The molecule has 1 aliphatic rings. The van der Waals surface area contributed by atoms with Crippen LogP contribution in [0.2, 0.25) is 0 Å². The molecule has 0 bridgehead atoms. The van der Waals surface area contributed by atoms with Gasteiger partial charge in [0.2, 0.25) is 0 Å². The number of nitrogens with zero attached hydrogens (tertiary/aromatic N) is 2. The number of alkyl halides is 2. The molecule has 2 aromatic rings. The van der Waals surface area contributed by atoms with E-state index in [0.717, 1.165) is 30.6 Å². The maximum Gasteiger partial charge on any atom is 0.387 e. The molecule has 1 amide bonds. The van der Waals surface area contributed by atoms with Crippen LogP contribution in [0, 0.1) is 5.82 Å². The van der Waals surface area contributed by atoms with Gasteiger partial charge in [0.05, 0.1) is 0 Å². The van der Waals surface area contributed by atoms with Crippen molar-refractivity contribution in [1.29, 1.82) is 0 Å². The van der Waals surface area contributed by atoms with Gasteiger partial charge in [-0.2, -0.15) is 8.78 Å². The number of hydrogen-bond acceptors (Lipinski definition) is 7. The third-order valence-corrected chi connectivity index (χ3v) is 5.34. The van der Waals surface area contributed by atoms with Gasteiger partial charge in [0, 0.05) is 41.9 Å². The second-order valence-corrected chi connectivity index (χ2v) is 9.56. The predicted molar refractivity (Wildman–Crippen MR) is 115 cm³/mol. The van der Waals surface area contributed by atoms with Gasteiger partial charge in [-0.1, -0.05) is 12.1 Å². The van der Waals surface area contributed by atoms with Gasteiger partial charge in [-0.25, -0.2) is 22.8 Å². The zero-order valence-electron chi connectivity index (χ0n) is 17.9. The molecule has 0 spiro atoms. The van der Waals surface area contributed by atoms with Gasteiger partial charge in [-0.15, -0.1) is 0 Å². The molecule has 1 atom stereocenters. The lowest BCUT2D eigenvalue weighted by molar-refractivity contribution is -0.0505. The first kappa shape index (κ1) is 24.5. The van der Waals surface area contributed by atoms with Crippen molar-refractivity contribution in [2.75, 3.05) is 11.6 Å². The minimum atomic E-state index is -3.36. The van der Waals surface area contributed by atoms with Crippen molar-refractivity contribution in [3.05, 3.63) is 58.6 Å². The summed E-state index contributed by atoms with van der Waals surface area (Å²) in [6, 6.07) is 2.94. The first-order chi connectivity index (χ1) is 15.5. The molecule has 1 aliphatic carbocycles. The Morgan fingerprint density at radius 3 is 2.70 bits per heavy atom. The molecular weight excluding hydrogens is 461 g/mol. The molecule has 12 heteroatoms. The summed E-state index contributed by atoms with van der Waals surface area (Å²) in [5.41, 5.74) is -0.119. The number of sulfone groups is 1. The van der Waals surface area contributed by atoms with E-state index < -0.39 is 34.2 Å². The molecule has 0 radical (unpaired) electrons. The van der Waals surface area contributed by atoms with Crippen LogP contribution < -0.4 is 15.4 Å². The molecule has 3 rings (SSSR count). The average molecular weight is 485 g/mol. The van der Waals surface area contributed by atoms with Gasteiger partial charge in [0.15, 0.2) is 9.84 Å². The maximum atomic E-state index is 14.3. The van der Waals surface area contributed by atoms with Gasteiger partial charge in [0.25, 0.3) is 5.91 Å². The Kier molecular flexibility index (Phi) is 7.57. The predicted octanol–water partition coefficient (Wildman–Crippen LogP) is 3.38. The van der Waals surface area contributed by atoms with E-state index in [4.69, 9.17) is 0 Å². The molecular formula is C21H23F3N4O4S. The van der Waals surface area contributed by atoms with Gasteiger partial charge < -0.3 is 15.4 Å². The van der Waals surface area contributed by atoms with Crippen molar-refractivity contribution in [3.8, 4) is 5.75 Å². The van der Waals surface area contributed by atoms with Crippen LogP contribution in [0.1, 0.15) is 47.4 Å². The molecule has 0 saturated heterocycles. The van der Waals surface area contributed by atoms with Gasteiger partial charge in [0.1, 0.15) is 28.8 Å². The molecule has 0 aliphatic heterocycles. The maximum absolute atomic E-state index is 14.3. The van der Waals surface area contributed by atoms with Crippen molar-refractivity contribution in [3.63, 3.8) is 0 Å². The van der Waals surface area contributed by atoms with E-state index in [9.17, 15) is 26.4 Å². The molecule has 1 saturated carbocycles. The minimum absolute atomic E-state index is 0.0340. The highest BCUT2D eigenvalue weighted by Crippen LogP contribution is 2.38. The number of carbonyl (C=O) groups excluding carboxylic acids is 1. The van der Waals surface area contributed by atoms with E-state index in [1.165, 1.54) is 24.4 Å². The highest BCUT2D eigenvalue weighted by Gasteiger charge is 2.28. The number of halogens is 3. The summed E-state index contributed by atoms with van der Waals surface area (Å²) in [7, 11) is -3.36. The van der Waals surface area contributed by atoms with Crippen LogP contribution in [-0.4, -0.2) is 43.2 Å². The summed E-state index contributed by atoms with van der Waals surface area (Å²) in [6.45, 7) is -1.83. The summed E-state index contributed by atoms with van der Waals surface area (Å²) in [4.78, 5) is 21.4. The van der Waals surface area contributed by atoms with Crippen molar-refractivity contribution in [1.82, 2.24) is 15.3 Å². The van der Waals surface area contributed by atoms with Gasteiger partial charge in [-0.3, -0.25) is 4.79 Å². The number of hydrogen-bond donors (Lipinski definition) is 2. The van der Waals surface area contributed by atoms with Crippen LogP contribution in [0.4, 0.5) is 19.0 Å². The van der Waals surface area contributed by atoms with E-state index in [0.29, 0.717) is 5.82 Å². The Labute approximate surface area is 189 Å². The molecule has 2 N–H and O–H groups in total. The summed E-state index contributed by atoms with van der Waals surface area (Å²) in [6.07, 6.45) is 5.46. The molecule has 178 valence electrons. The van der Waals surface area contributed by atoms with Crippen molar-refractivity contribution in [2.45, 2.75) is 44.9 Å². The summed E-state index contributed by atoms with van der Waals surface area (Å²) in [5.74, 6) is -0.928. The monoisotopic (exact) mass is 484 g/mol. The molecule has 0 unspecified atom stereocenters. The quantitative estimate of drug-likeness (QED) is 0.532. The zero-order valence-corrected chi connectivity index (χ0v) is 18.7. The van der Waals surface area contributed by atoms with Crippen molar-refractivity contribution in [2.24, 2.45) is 0 Å². The van der Waals surface area contributed by atoms with Crippen molar-refractivity contribution < 1.29 is 31.1 Å². The number of nitrogens with one attached hydrogen (secondary N) is 2. The first-order valence-corrected chi connectivity index (χ1v) is 12.0.